The number of rotatable bonds is 7. The monoisotopic (exact) mass is 273 g/mol. The maximum atomic E-state index is 12.0. The normalized spacial score (nSPS) is 14.9. The van der Waals surface area contributed by atoms with Crippen molar-refractivity contribution >= 4 is 17.9 Å². The van der Waals surface area contributed by atoms with Gasteiger partial charge >= 0.3 is 12.0 Å². The van der Waals surface area contributed by atoms with Crippen LogP contribution in [0.15, 0.2) is 0 Å². The largest absolute Gasteiger partial charge is 0.464 e. The highest BCUT2D eigenvalue weighted by atomic mass is 16.5. The molecule has 0 aliphatic heterocycles. The number of nitrogens with one attached hydrogen (secondary N) is 2. The molecule has 4 N–H and O–H groups in total. The highest BCUT2D eigenvalue weighted by Crippen LogP contribution is 2.08. The lowest BCUT2D eigenvalue weighted by molar-refractivity contribution is -0.147. The number of amides is 3. The van der Waals surface area contributed by atoms with E-state index in [1.165, 1.54) is 6.92 Å². The molecule has 19 heavy (non-hydrogen) atoms. The average molecular weight is 273 g/mol. The molecule has 0 aliphatic carbocycles. The number of urea groups is 1. The van der Waals surface area contributed by atoms with E-state index in [1.807, 2.05) is 13.8 Å². The van der Waals surface area contributed by atoms with Crippen molar-refractivity contribution in [2.24, 2.45) is 11.7 Å². The summed E-state index contributed by atoms with van der Waals surface area (Å²) in [6.07, 6.45) is 0.687. The molecule has 110 valence electrons. The third-order valence-corrected chi connectivity index (χ3v) is 2.79. The molecule has 0 saturated carbocycles. The van der Waals surface area contributed by atoms with Gasteiger partial charge in [-0.05, 0) is 19.8 Å². The summed E-state index contributed by atoms with van der Waals surface area (Å²) in [6.45, 7) is 7.15. The summed E-state index contributed by atoms with van der Waals surface area (Å²) in [5.74, 6) is -1.06. The van der Waals surface area contributed by atoms with Crippen LogP contribution in [0.3, 0.4) is 0 Å². The van der Waals surface area contributed by atoms with E-state index in [4.69, 9.17) is 10.5 Å². The van der Waals surface area contributed by atoms with Crippen LogP contribution < -0.4 is 16.4 Å². The molecule has 0 aliphatic rings. The Morgan fingerprint density at radius 2 is 1.74 bits per heavy atom. The summed E-state index contributed by atoms with van der Waals surface area (Å²) in [5, 5.41) is 4.88. The van der Waals surface area contributed by atoms with E-state index in [0.29, 0.717) is 6.42 Å². The highest BCUT2D eigenvalue weighted by molar-refractivity contribution is 5.90. The molecule has 0 fully saturated rings. The SMILES string of the molecule is CCOC(=O)C(C)NC(=O)C(NC(N)=O)C(C)CC. The molecule has 3 atom stereocenters. The van der Waals surface area contributed by atoms with Crippen molar-refractivity contribution in [3.05, 3.63) is 0 Å². The number of hydrogen-bond acceptors (Lipinski definition) is 4. The lowest BCUT2D eigenvalue weighted by Crippen LogP contribution is -2.54. The van der Waals surface area contributed by atoms with Crippen molar-refractivity contribution in [3.63, 3.8) is 0 Å². The molecule has 0 aromatic rings. The van der Waals surface area contributed by atoms with Gasteiger partial charge in [-0.1, -0.05) is 20.3 Å². The van der Waals surface area contributed by atoms with Crippen LogP contribution in [0.4, 0.5) is 4.79 Å². The number of esters is 1. The first-order valence-electron chi connectivity index (χ1n) is 6.36. The summed E-state index contributed by atoms with van der Waals surface area (Å²) in [4.78, 5) is 34.3. The first kappa shape index (κ1) is 17.2. The van der Waals surface area contributed by atoms with Crippen LogP contribution in [-0.2, 0) is 14.3 Å². The Labute approximate surface area is 113 Å². The third kappa shape index (κ3) is 6.08. The Morgan fingerprint density at radius 3 is 2.16 bits per heavy atom. The lowest BCUT2D eigenvalue weighted by Gasteiger charge is -2.24. The quantitative estimate of drug-likeness (QED) is 0.573. The van der Waals surface area contributed by atoms with E-state index in [2.05, 4.69) is 10.6 Å². The van der Waals surface area contributed by atoms with Gasteiger partial charge in [0.05, 0.1) is 6.61 Å². The molecule has 0 radical (unpaired) electrons. The molecule has 0 aromatic heterocycles. The van der Waals surface area contributed by atoms with Crippen LogP contribution in [0.25, 0.3) is 0 Å². The zero-order valence-electron chi connectivity index (χ0n) is 11.9. The second-order valence-corrected chi connectivity index (χ2v) is 4.35. The van der Waals surface area contributed by atoms with Gasteiger partial charge in [-0.25, -0.2) is 9.59 Å². The summed E-state index contributed by atoms with van der Waals surface area (Å²) in [5.41, 5.74) is 5.04. The van der Waals surface area contributed by atoms with E-state index in [1.54, 1.807) is 6.92 Å². The second kappa shape index (κ2) is 8.34. The third-order valence-electron chi connectivity index (χ3n) is 2.79. The van der Waals surface area contributed by atoms with E-state index in [-0.39, 0.29) is 12.5 Å². The Balaban J connectivity index is 4.63. The molecular weight excluding hydrogens is 250 g/mol. The van der Waals surface area contributed by atoms with Crippen LogP contribution in [0.2, 0.25) is 0 Å². The fraction of sp³-hybridized carbons (Fsp3) is 0.750. The van der Waals surface area contributed by atoms with Crippen molar-refractivity contribution in [1.29, 1.82) is 0 Å². The fourth-order valence-corrected chi connectivity index (χ4v) is 1.48. The van der Waals surface area contributed by atoms with Gasteiger partial charge in [0.25, 0.3) is 0 Å². The zero-order chi connectivity index (χ0) is 15.0. The predicted octanol–water partition coefficient (Wildman–Crippen LogP) is 0.137. The molecule has 0 spiro atoms. The van der Waals surface area contributed by atoms with Crippen molar-refractivity contribution in [2.75, 3.05) is 6.61 Å². The van der Waals surface area contributed by atoms with Gasteiger partial charge in [-0.3, -0.25) is 4.79 Å². The molecule has 0 rings (SSSR count). The van der Waals surface area contributed by atoms with Gasteiger partial charge < -0.3 is 21.1 Å². The Hall–Kier alpha value is -1.79. The number of nitrogens with two attached hydrogens (primary N) is 1. The molecule has 0 heterocycles. The maximum Gasteiger partial charge on any atom is 0.328 e. The first-order chi connectivity index (χ1) is 8.83. The molecule has 0 bridgehead atoms. The number of carbonyl (C=O) groups is 3. The minimum absolute atomic E-state index is 0.0955. The smallest absolute Gasteiger partial charge is 0.328 e. The second-order valence-electron chi connectivity index (χ2n) is 4.35. The van der Waals surface area contributed by atoms with Crippen LogP contribution in [0, 0.1) is 5.92 Å². The molecule has 7 heteroatoms. The van der Waals surface area contributed by atoms with Gasteiger partial charge in [-0.15, -0.1) is 0 Å². The van der Waals surface area contributed by atoms with Crippen LogP contribution in [0.1, 0.15) is 34.1 Å². The zero-order valence-corrected chi connectivity index (χ0v) is 11.9. The van der Waals surface area contributed by atoms with E-state index in [9.17, 15) is 14.4 Å². The fourth-order valence-electron chi connectivity index (χ4n) is 1.48. The Morgan fingerprint density at radius 1 is 1.16 bits per heavy atom. The van der Waals surface area contributed by atoms with Crippen LogP contribution in [0.5, 0.6) is 0 Å². The van der Waals surface area contributed by atoms with Crippen molar-refractivity contribution in [3.8, 4) is 0 Å². The number of primary amides is 1. The van der Waals surface area contributed by atoms with E-state index >= 15 is 0 Å². The van der Waals surface area contributed by atoms with Gasteiger partial charge in [0.1, 0.15) is 12.1 Å². The van der Waals surface area contributed by atoms with Crippen LogP contribution >= 0.6 is 0 Å². The molecule has 7 nitrogen and oxygen atoms in total. The molecular formula is C12H23N3O4. The van der Waals surface area contributed by atoms with Gasteiger partial charge in [0, 0.05) is 0 Å². The average Bonchev–Trinajstić information content (AvgIpc) is 2.34. The van der Waals surface area contributed by atoms with Gasteiger partial charge in [0.15, 0.2) is 0 Å². The lowest BCUT2D eigenvalue weighted by atomic mass is 9.98. The Bertz CT molecular complexity index is 333. The summed E-state index contributed by atoms with van der Waals surface area (Å²) >= 11 is 0. The van der Waals surface area contributed by atoms with Gasteiger partial charge in [0.2, 0.25) is 5.91 Å². The molecule has 3 unspecified atom stereocenters. The highest BCUT2D eigenvalue weighted by Gasteiger charge is 2.27. The number of carbonyl (C=O) groups excluding carboxylic acids is 3. The number of ether oxygens (including phenoxy) is 1. The Kier molecular flexibility index (Phi) is 7.55. The van der Waals surface area contributed by atoms with Crippen molar-refractivity contribution in [2.45, 2.75) is 46.2 Å². The predicted molar refractivity (Wildman–Crippen MR) is 70.2 cm³/mol. The van der Waals surface area contributed by atoms with E-state index < -0.39 is 30.0 Å². The minimum atomic E-state index is -0.774. The summed E-state index contributed by atoms with van der Waals surface area (Å²) < 4.78 is 4.79. The summed E-state index contributed by atoms with van der Waals surface area (Å²) in [7, 11) is 0. The summed E-state index contributed by atoms with van der Waals surface area (Å²) in [6, 6.07) is -2.31. The first-order valence-corrected chi connectivity index (χ1v) is 6.36. The number of hydrogen-bond donors (Lipinski definition) is 3. The standard InChI is InChI=1S/C12H23N3O4/c1-5-7(3)9(15-12(13)18)10(16)14-8(4)11(17)19-6-2/h7-9H,5-6H2,1-4H3,(H,14,16)(H3,13,15,18). The van der Waals surface area contributed by atoms with Crippen LogP contribution in [-0.4, -0.2) is 36.6 Å². The van der Waals surface area contributed by atoms with Crippen molar-refractivity contribution in [1.82, 2.24) is 10.6 Å². The molecule has 3 amide bonds. The van der Waals surface area contributed by atoms with E-state index in [0.717, 1.165) is 0 Å². The molecule has 0 saturated heterocycles. The minimum Gasteiger partial charge on any atom is -0.464 e. The topological polar surface area (TPSA) is 111 Å². The van der Waals surface area contributed by atoms with Gasteiger partial charge in [-0.2, -0.15) is 0 Å². The van der Waals surface area contributed by atoms with Crippen molar-refractivity contribution < 1.29 is 19.1 Å². The maximum absolute atomic E-state index is 12.0. The molecule has 0 aromatic carbocycles.